The van der Waals surface area contributed by atoms with E-state index in [0.717, 1.165) is 25.8 Å². The van der Waals surface area contributed by atoms with Crippen molar-refractivity contribution in [1.82, 2.24) is 4.90 Å². The van der Waals surface area contributed by atoms with Gasteiger partial charge in [0.05, 0.1) is 0 Å². The predicted molar refractivity (Wildman–Crippen MR) is 56.6 cm³/mol. The molecule has 0 aromatic rings. The molecule has 1 unspecified atom stereocenters. The minimum atomic E-state index is 0.0920. The van der Waals surface area contributed by atoms with Crippen molar-refractivity contribution in [3.63, 3.8) is 0 Å². The van der Waals surface area contributed by atoms with Gasteiger partial charge < -0.3 is 4.90 Å². The average Bonchev–Trinajstić information content (AvgIpc) is 2.67. The molecule has 0 spiro atoms. The highest BCUT2D eigenvalue weighted by Gasteiger charge is 2.24. The summed E-state index contributed by atoms with van der Waals surface area (Å²) in [5.74, 6) is 0.0920. The van der Waals surface area contributed by atoms with Crippen molar-refractivity contribution in [2.75, 3.05) is 6.54 Å². The van der Waals surface area contributed by atoms with Gasteiger partial charge in [0.2, 0.25) is 5.91 Å². The van der Waals surface area contributed by atoms with E-state index in [1.807, 2.05) is 18.7 Å². The van der Waals surface area contributed by atoms with E-state index in [2.05, 4.69) is 13.5 Å². The Balaban J connectivity index is 0.000000671. The van der Waals surface area contributed by atoms with Crippen molar-refractivity contribution >= 4 is 5.91 Å². The van der Waals surface area contributed by atoms with E-state index in [1.165, 1.54) is 6.08 Å². The largest absolute Gasteiger partial charge is 0.336 e. The van der Waals surface area contributed by atoms with Crippen LogP contribution in [0.4, 0.5) is 0 Å². The quantitative estimate of drug-likeness (QED) is 0.603. The number of hydrogen-bond acceptors (Lipinski definition) is 1. The number of carbonyl (C=O) groups is 1. The van der Waals surface area contributed by atoms with Crippen LogP contribution in [0.5, 0.6) is 0 Å². The van der Waals surface area contributed by atoms with Crippen molar-refractivity contribution in [2.45, 2.75) is 46.1 Å². The number of hydrogen-bond donors (Lipinski definition) is 0. The predicted octanol–water partition coefficient (Wildman–Crippen LogP) is 2.60. The number of carbonyl (C=O) groups excluding carboxylic acids is 1. The highest BCUT2D eigenvalue weighted by atomic mass is 16.2. The second-order valence-corrected chi connectivity index (χ2v) is 2.94. The lowest BCUT2D eigenvalue weighted by Gasteiger charge is -2.21. The number of nitrogens with zero attached hydrogens (tertiary/aromatic N) is 1. The zero-order valence-electron chi connectivity index (χ0n) is 9.05. The first-order valence-electron chi connectivity index (χ1n) is 5.22. The molecule has 0 aromatic heterocycles. The molecule has 1 aliphatic rings. The summed E-state index contributed by atoms with van der Waals surface area (Å²) in [4.78, 5) is 13.1. The van der Waals surface area contributed by atoms with Crippen molar-refractivity contribution in [3.8, 4) is 0 Å². The first-order chi connectivity index (χ1) is 6.29. The van der Waals surface area contributed by atoms with E-state index < -0.39 is 0 Å². The Bertz CT molecular complexity index is 165. The SMILES string of the molecule is C=CC(=O)N1CCCC1CC.CC. The van der Waals surface area contributed by atoms with Crippen LogP contribution in [0, 0.1) is 0 Å². The third kappa shape index (κ3) is 3.21. The Kier molecular flexibility index (Phi) is 6.29. The fourth-order valence-corrected chi connectivity index (χ4v) is 1.67. The molecule has 1 saturated heterocycles. The molecule has 1 atom stereocenters. The van der Waals surface area contributed by atoms with Gasteiger partial charge in [-0.25, -0.2) is 0 Å². The van der Waals surface area contributed by atoms with E-state index >= 15 is 0 Å². The van der Waals surface area contributed by atoms with Crippen LogP contribution in [0.3, 0.4) is 0 Å². The molecule has 0 aliphatic carbocycles. The lowest BCUT2D eigenvalue weighted by Crippen LogP contribution is -2.33. The van der Waals surface area contributed by atoms with E-state index in [1.54, 1.807) is 0 Å². The Morgan fingerprint density at radius 1 is 1.62 bits per heavy atom. The molecule has 0 aromatic carbocycles. The molecular formula is C11H21NO. The maximum Gasteiger partial charge on any atom is 0.246 e. The van der Waals surface area contributed by atoms with Crippen LogP contribution < -0.4 is 0 Å². The van der Waals surface area contributed by atoms with Crippen LogP contribution in [0.2, 0.25) is 0 Å². The lowest BCUT2D eigenvalue weighted by atomic mass is 10.2. The number of likely N-dealkylation sites (tertiary alicyclic amines) is 1. The standard InChI is InChI=1S/C9H15NO.C2H6/c1-3-8-6-5-7-10(8)9(11)4-2;1-2/h4,8H,2-3,5-7H2,1H3;1-2H3. The third-order valence-electron chi connectivity index (χ3n) is 2.31. The van der Waals surface area contributed by atoms with E-state index in [4.69, 9.17) is 0 Å². The maximum atomic E-state index is 11.2. The Labute approximate surface area is 81.6 Å². The summed E-state index contributed by atoms with van der Waals surface area (Å²) in [5.41, 5.74) is 0. The highest BCUT2D eigenvalue weighted by Crippen LogP contribution is 2.19. The van der Waals surface area contributed by atoms with E-state index in [-0.39, 0.29) is 5.91 Å². The van der Waals surface area contributed by atoms with Crippen LogP contribution in [0.1, 0.15) is 40.0 Å². The average molecular weight is 183 g/mol. The van der Waals surface area contributed by atoms with Gasteiger partial charge in [-0.15, -0.1) is 0 Å². The zero-order valence-corrected chi connectivity index (χ0v) is 9.05. The smallest absolute Gasteiger partial charge is 0.246 e. The van der Waals surface area contributed by atoms with E-state index in [0.29, 0.717) is 6.04 Å². The minimum absolute atomic E-state index is 0.0920. The minimum Gasteiger partial charge on any atom is -0.336 e. The molecule has 0 radical (unpaired) electrons. The molecule has 1 heterocycles. The molecule has 2 nitrogen and oxygen atoms in total. The number of rotatable bonds is 2. The normalized spacial score (nSPS) is 20.5. The summed E-state index contributed by atoms with van der Waals surface area (Å²) in [6.07, 6.45) is 4.79. The second kappa shape index (κ2) is 6.70. The van der Waals surface area contributed by atoms with Crippen molar-refractivity contribution in [1.29, 1.82) is 0 Å². The fourth-order valence-electron chi connectivity index (χ4n) is 1.67. The summed E-state index contributed by atoms with van der Waals surface area (Å²) in [7, 11) is 0. The molecule has 0 saturated carbocycles. The molecule has 0 bridgehead atoms. The molecule has 76 valence electrons. The van der Waals surface area contributed by atoms with Crippen molar-refractivity contribution in [2.24, 2.45) is 0 Å². The molecule has 2 heteroatoms. The van der Waals surface area contributed by atoms with Crippen LogP contribution in [-0.2, 0) is 4.79 Å². The molecule has 1 aliphatic heterocycles. The van der Waals surface area contributed by atoms with Crippen LogP contribution in [0.25, 0.3) is 0 Å². The summed E-state index contributed by atoms with van der Waals surface area (Å²) < 4.78 is 0. The summed E-state index contributed by atoms with van der Waals surface area (Å²) in [6, 6.07) is 0.473. The van der Waals surface area contributed by atoms with Gasteiger partial charge in [-0.2, -0.15) is 0 Å². The molecular weight excluding hydrogens is 162 g/mol. The monoisotopic (exact) mass is 183 g/mol. The van der Waals surface area contributed by atoms with Gasteiger partial charge in [-0.3, -0.25) is 4.79 Å². The topological polar surface area (TPSA) is 20.3 Å². The van der Waals surface area contributed by atoms with Crippen LogP contribution >= 0.6 is 0 Å². The molecule has 13 heavy (non-hydrogen) atoms. The Morgan fingerprint density at radius 3 is 2.69 bits per heavy atom. The van der Waals surface area contributed by atoms with Gasteiger partial charge in [-0.05, 0) is 25.3 Å². The molecule has 1 fully saturated rings. The second-order valence-electron chi connectivity index (χ2n) is 2.94. The van der Waals surface area contributed by atoms with Crippen LogP contribution in [0.15, 0.2) is 12.7 Å². The van der Waals surface area contributed by atoms with Crippen molar-refractivity contribution in [3.05, 3.63) is 12.7 Å². The Morgan fingerprint density at radius 2 is 2.23 bits per heavy atom. The Hall–Kier alpha value is -0.790. The zero-order chi connectivity index (χ0) is 10.3. The van der Waals surface area contributed by atoms with Gasteiger partial charge in [-0.1, -0.05) is 27.4 Å². The first-order valence-corrected chi connectivity index (χ1v) is 5.22. The molecule has 1 rings (SSSR count). The fraction of sp³-hybridized carbons (Fsp3) is 0.727. The van der Waals surface area contributed by atoms with Gasteiger partial charge >= 0.3 is 0 Å². The van der Waals surface area contributed by atoms with Gasteiger partial charge in [0.25, 0.3) is 0 Å². The summed E-state index contributed by atoms with van der Waals surface area (Å²) >= 11 is 0. The summed E-state index contributed by atoms with van der Waals surface area (Å²) in [6.45, 7) is 10.5. The number of amides is 1. The van der Waals surface area contributed by atoms with Gasteiger partial charge in [0.1, 0.15) is 0 Å². The summed E-state index contributed by atoms with van der Waals surface area (Å²) in [5, 5.41) is 0. The van der Waals surface area contributed by atoms with Crippen LogP contribution in [-0.4, -0.2) is 23.4 Å². The first kappa shape index (κ1) is 12.2. The maximum absolute atomic E-state index is 11.2. The van der Waals surface area contributed by atoms with Gasteiger partial charge in [0, 0.05) is 12.6 Å². The van der Waals surface area contributed by atoms with Crippen molar-refractivity contribution < 1.29 is 4.79 Å². The van der Waals surface area contributed by atoms with Gasteiger partial charge in [0.15, 0.2) is 0 Å². The third-order valence-corrected chi connectivity index (χ3v) is 2.31. The molecule has 1 amide bonds. The van der Waals surface area contributed by atoms with E-state index in [9.17, 15) is 4.79 Å². The lowest BCUT2D eigenvalue weighted by molar-refractivity contribution is -0.126. The highest BCUT2D eigenvalue weighted by molar-refractivity contribution is 5.87. The molecule has 0 N–H and O–H groups in total.